The van der Waals surface area contributed by atoms with E-state index >= 15 is 0 Å². The van der Waals surface area contributed by atoms with Crippen LogP contribution in [0, 0.1) is 0 Å². The molecule has 31 heavy (non-hydrogen) atoms. The van der Waals surface area contributed by atoms with Crippen molar-refractivity contribution in [3.8, 4) is 17.2 Å². The standard InChI is InChI=1S/C26H36N2O3/c1-18(2)20-9-7-8-10-21(20)22-16-27(13-14-28(22)26(3,4)5)15-19-11-12-23(29-6)25-24(19)30-17-31-25/h7-12,18,22H,13-17H2,1-6H3. The van der Waals surface area contributed by atoms with Gasteiger partial charge >= 0.3 is 0 Å². The minimum Gasteiger partial charge on any atom is -0.493 e. The van der Waals surface area contributed by atoms with E-state index in [0.29, 0.717) is 12.0 Å². The van der Waals surface area contributed by atoms with Crippen molar-refractivity contribution < 1.29 is 14.2 Å². The van der Waals surface area contributed by atoms with E-state index in [4.69, 9.17) is 14.2 Å². The van der Waals surface area contributed by atoms with Gasteiger partial charge in [-0.1, -0.05) is 44.2 Å². The first-order valence-electron chi connectivity index (χ1n) is 11.3. The van der Waals surface area contributed by atoms with Crippen LogP contribution in [-0.4, -0.2) is 48.9 Å². The Labute approximate surface area is 186 Å². The van der Waals surface area contributed by atoms with E-state index in [0.717, 1.165) is 49.0 Å². The maximum Gasteiger partial charge on any atom is 0.231 e. The van der Waals surface area contributed by atoms with Gasteiger partial charge in [0.1, 0.15) is 0 Å². The van der Waals surface area contributed by atoms with Gasteiger partial charge in [-0.05, 0) is 43.9 Å². The highest BCUT2D eigenvalue weighted by Crippen LogP contribution is 2.44. The summed E-state index contributed by atoms with van der Waals surface area (Å²) < 4.78 is 16.9. The Hall–Kier alpha value is -2.24. The van der Waals surface area contributed by atoms with Gasteiger partial charge in [0.2, 0.25) is 12.5 Å². The summed E-state index contributed by atoms with van der Waals surface area (Å²) in [5.41, 5.74) is 4.18. The predicted octanol–water partition coefficient (Wildman–Crippen LogP) is 5.20. The summed E-state index contributed by atoms with van der Waals surface area (Å²) >= 11 is 0. The fraction of sp³-hybridized carbons (Fsp3) is 0.538. The van der Waals surface area contributed by atoms with E-state index < -0.39 is 0 Å². The van der Waals surface area contributed by atoms with Crippen LogP contribution >= 0.6 is 0 Å². The molecule has 1 unspecified atom stereocenters. The van der Waals surface area contributed by atoms with Gasteiger partial charge in [-0.15, -0.1) is 0 Å². The van der Waals surface area contributed by atoms with Crippen LogP contribution in [0.5, 0.6) is 17.2 Å². The minimum absolute atomic E-state index is 0.110. The smallest absolute Gasteiger partial charge is 0.231 e. The van der Waals surface area contributed by atoms with E-state index in [1.165, 1.54) is 11.1 Å². The zero-order chi connectivity index (χ0) is 22.2. The van der Waals surface area contributed by atoms with Crippen molar-refractivity contribution in [1.82, 2.24) is 9.80 Å². The largest absolute Gasteiger partial charge is 0.493 e. The van der Waals surface area contributed by atoms with E-state index in [-0.39, 0.29) is 12.3 Å². The zero-order valence-corrected chi connectivity index (χ0v) is 19.8. The highest BCUT2D eigenvalue weighted by Gasteiger charge is 2.36. The lowest BCUT2D eigenvalue weighted by molar-refractivity contribution is 0.00530. The molecule has 1 atom stereocenters. The Morgan fingerprint density at radius 2 is 1.77 bits per heavy atom. The molecule has 0 N–H and O–H groups in total. The van der Waals surface area contributed by atoms with Crippen molar-refractivity contribution in [2.24, 2.45) is 0 Å². The van der Waals surface area contributed by atoms with Crippen molar-refractivity contribution in [1.29, 1.82) is 0 Å². The summed E-state index contributed by atoms with van der Waals surface area (Å²) in [7, 11) is 1.67. The molecule has 1 saturated heterocycles. The second kappa shape index (κ2) is 8.71. The van der Waals surface area contributed by atoms with Crippen LogP contribution in [-0.2, 0) is 6.54 Å². The number of nitrogens with zero attached hydrogens (tertiary/aromatic N) is 2. The average Bonchev–Trinajstić information content (AvgIpc) is 3.23. The van der Waals surface area contributed by atoms with Crippen molar-refractivity contribution in [2.75, 3.05) is 33.5 Å². The summed E-state index contributed by atoms with van der Waals surface area (Å²) in [4.78, 5) is 5.22. The number of ether oxygens (including phenoxy) is 3. The van der Waals surface area contributed by atoms with Crippen LogP contribution in [0.4, 0.5) is 0 Å². The molecule has 2 heterocycles. The molecule has 0 saturated carbocycles. The van der Waals surface area contributed by atoms with E-state index in [9.17, 15) is 0 Å². The van der Waals surface area contributed by atoms with Gasteiger partial charge in [-0.25, -0.2) is 0 Å². The van der Waals surface area contributed by atoms with Crippen LogP contribution in [0.15, 0.2) is 36.4 Å². The zero-order valence-electron chi connectivity index (χ0n) is 19.8. The molecule has 2 aliphatic rings. The van der Waals surface area contributed by atoms with Crippen LogP contribution in [0.25, 0.3) is 0 Å². The summed E-state index contributed by atoms with van der Waals surface area (Å²) in [6.07, 6.45) is 0. The Morgan fingerprint density at radius 1 is 1.03 bits per heavy atom. The molecule has 4 rings (SSSR count). The third-order valence-corrected chi connectivity index (χ3v) is 6.48. The number of methoxy groups -OCH3 is 1. The van der Waals surface area contributed by atoms with Crippen molar-refractivity contribution >= 4 is 0 Å². The van der Waals surface area contributed by atoms with Crippen molar-refractivity contribution in [3.63, 3.8) is 0 Å². The van der Waals surface area contributed by atoms with Crippen LogP contribution in [0.3, 0.4) is 0 Å². The van der Waals surface area contributed by atoms with Crippen LogP contribution in [0.1, 0.15) is 63.3 Å². The molecule has 0 radical (unpaired) electrons. The predicted molar refractivity (Wildman–Crippen MR) is 124 cm³/mol. The maximum absolute atomic E-state index is 5.81. The first-order chi connectivity index (χ1) is 14.8. The molecule has 0 bridgehead atoms. The van der Waals surface area contributed by atoms with E-state index in [1.807, 2.05) is 6.07 Å². The van der Waals surface area contributed by atoms with Crippen molar-refractivity contribution in [2.45, 2.75) is 58.7 Å². The van der Waals surface area contributed by atoms with Gasteiger partial charge in [0.15, 0.2) is 11.5 Å². The Morgan fingerprint density at radius 3 is 2.48 bits per heavy atom. The highest BCUT2D eigenvalue weighted by molar-refractivity contribution is 5.57. The van der Waals surface area contributed by atoms with Gasteiger partial charge in [0, 0.05) is 43.3 Å². The number of hydrogen-bond acceptors (Lipinski definition) is 5. The number of piperazine rings is 1. The molecular formula is C26H36N2O3. The molecule has 0 aliphatic carbocycles. The first kappa shape index (κ1) is 22.0. The summed E-state index contributed by atoms with van der Waals surface area (Å²) in [5, 5.41) is 0. The summed E-state index contributed by atoms with van der Waals surface area (Å²) in [6.45, 7) is 15.7. The maximum atomic E-state index is 5.81. The third-order valence-electron chi connectivity index (χ3n) is 6.48. The molecule has 2 aliphatic heterocycles. The van der Waals surface area contributed by atoms with Crippen LogP contribution < -0.4 is 14.2 Å². The normalized spacial score (nSPS) is 19.8. The number of rotatable bonds is 5. The van der Waals surface area contributed by atoms with Gasteiger partial charge < -0.3 is 14.2 Å². The van der Waals surface area contributed by atoms with Gasteiger partial charge in [0.05, 0.1) is 7.11 Å². The molecule has 5 heteroatoms. The summed E-state index contributed by atoms with van der Waals surface area (Å²) in [5.74, 6) is 2.80. The lowest BCUT2D eigenvalue weighted by Gasteiger charge is -2.49. The second-order valence-electron chi connectivity index (χ2n) is 9.89. The van der Waals surface area contributed by atoms with Gasteiger partial charge in [-0.2, -0.15) is 0 Å². The third kappa shape index (κ3) is 4.39. The topological polar surface area (TPSA) is 34.2 Å². The van der Waals surface area contributed by atoms with Crippen LogP contribution in [0.2, 0.25) is 0 Å². The molecule has 2 aromatic carbocycles. The quantitative estimate of drug-likeness (QED) is 0.659. The minimum atomic E-state index is 0.110. The molecular weight excluding hydrogens is 388 g/mol. The fourth-order valence-corrected chi connectivity index (χ4v) is 4.95. The number of hydrogen-bond donors (Lipinski definition) is 0. The van der Waals surface area contributed by atoms with E-state index in [2.05, 4.69) is 74.8 Å². The lowest BCUT2D eigenvalue weighted by Crippen LogP contribution is -2.55. The molecule has 168 valence electrons. The highest BCUT2D eigenvalue weighted by atomic mass is 16.7. The number of benzene rings is 2. The SMILES string of the molecule is COc1ccc(CN2CCN(C(C)(C)C)C(c3ccccc3C(C)C)C2)c2c1OCO2. The fourth-order valence-electron chi connectivity index (χ4n) is 4.95. The Balaban J connectivity index is 1.63. The Bertz CT molecular complexity index is 919. The lowest BCUT2D eigenvalue weighted by atomic mass is 9.88. The molecule has 1 fully saturated rings. The number of fused-ring (bicyclic) bond motifs is 1. The summed E-state index contributed by atoms with van der Waals surface area (Å²) in [6, 6.07) is 13.4. The molecule has 0 spiro atoms. The van der Waals surface area contributed by atoms with Crippen molar-refractivity contribution in [3.05, 3.63) is 53.1 Å². The first-order valence-corrected chi connectivity index (χ1v) is 11.3. The monoisotopic (exact) mass is 424 g/mol. The van der Waals surface area contributed by atoms with Gasteiger partial charge in [-0.3, -0.25) is 9.80 Å². The average molecular weight is 425 g/mol. The molecule has 5 nitrogen and oxygen atoms in total. The molecule has 0 amide bonds. The Kier molecular flexibility index (Phi) is 6.18. The van der Waals surface area contributed by atoms with E-state index in [1.54, 1.807) is 7.11 Å². The molecule has 2 aromatic rings. The van der Waals surface area contributed by atoms with Gasteiger partial charge in [0.25, 0.3) is 0 Å². The second-order valence-corrected chi connectivity index (χ2v) is 9.89. The molecule has 0 aromatic heterocycles.